The van der Waals surface area contributed by atoms with Crippen LogP contribution >= 0.6 is 0 Å². The molecule has 0 bridgehead atoms. The van der Waals surface area contributed by atoms with Gasteiger partial charge < -0.3 is 0 Å². The van der Waals surface area contributed by atoms with E-state index < -0.39 is 0 Å². The highest BCUT2D eigenvalue weighted by Crippen LogP contribution is 1.83. The molecule has 0 amide bonds. The molecule has 0 aliphatic carbocycles. The van der Waals surface area contributed by atoms with Gasteiger partial charge >= 0.3 is 0 Å². The highest BCUT2D eigenvalue weighted by Gasteiger charge is 1.69. The van der Waals surface area contributed by atoms with Crippen LogP contribution in [0.2, 0.25) is 0 Å². The normalized spacial score (nSPS) is 5.86. The Bertz CT molecular complexity index is 144. The van der Waals surface area contributed by atoms with E-state index >= 15 is 0 Å². The Morgan fingerprint density at radius 1 is 1.86 bits per heavy atom. The molecule has 0 radical (unpaired) electrons. The molecule has 0 atom stereocenters. The first kappa shape index (κ1) is 5.97. The van der Waals surface area contributed by atoms with Crippen molar-refractivity contribution in [2.45, 2.75) is 6.92 Å². The van der Waals surface area contributed by atoms with E-state index in [2.05, 4.69) is 12.3 Å². The van der Waals surface area contributed by atoms with Crippen molar-refractivity contribution in [2.24, 2.45) is 0 Å². The molecular formula is C6H6O. The van der Waals surface area contributed by atoms with Gasteiger partial charge in [-0.05, 0) is 6.92 Å². The zero-order chi connectivity index (χ0) is 5.70. The summed E-state index contributed by atoms with van der Waals surface area (Å²) < 4.78 is 0. The minimum atomic E-state index is 0.718. The molecule has 1 heteroatoms. The predicted molar refractivity (Wildman–Crippen MR) is 28.6 cm³/mol. The van der Waals surface area contributed by atoms with Crippen LogP contribution < -0.4 is 0 Å². The lowest BCUT2D eigenvalue weighted by Gasteiger charge is -1.70. The minimum absolute atomic E-state index is 0.718. The summed E-state index contributed by atoms with van der Waals surface area (Å²) in [6.45, 7) is 5.04. The maximum Gasteiger partial charge on any atom is 0.125 e. The average molecular weight is 94.1 g/mol. The molecule has 1 nitrogen and oxygen atoms in total. The third kappa shape index (κ3) is 2.78. The van der Waals surface area contributed by atoms with Crippen molar-refractivity contribution in [1.82, 2.24) is 0 Å². The van der Waals surface area contributed by atoms with Gasteiger partial charge in [0, 0.05) is 11.6 Å². The number of allylic oxidation sites excluding steroid dienone is 2. The molecule has 0 heterocycles. The summed E-state index contributed by atoms with van der Waals surface area (Å²) in [6, 6.07) is 0. The van der Waals surface area contributed by atoms with Gasteiger partial charge in [-0.2, -0.15) is 0 Å². The summed E-state index contributed by atoms with van der Waals surface area (Å²) in [5, 5.41) is 0. The third-order valence-electron chi connectivity index (χ3n) is 0.554. The second-order valence-electron chi connectivity index (χ2n) is 1.12. The Morgan fingerprint density at radius 3 is 2.57 bits per heavy atom. The van der Waals surface area contributed by atoms with Crippen molar-refractivity contribution in [3.8, 4) is 0 Å². The summed E-state index contributed by atoms with van der Waals surface area (Å²) in [7, 11) is 0. The van der Waals surface area contributed by atoms with Gasteiger partial charge in [0.05, 0.1) is 0 Å². The molecule has 0 N–H and O–H groups in total. The molecule has 0 saturated carbocycles. The summed E-state index contributed by atoms with van der Waals surface area (Å²) in [6.07, 6.45) is 1.28. The lowest BCUT2D eigenvalue weighted by molar-refractivity contribution is 0.569. The van der Waals surface area contributed by atoms with E-state index in [-0.39, 0.29) is 0 Å². The van der Waals surface area contributed by atoms with Crippen molar-refractivity contribution in [3.63, 3.8) is 0 Å². The second kappa shape index (κ2) is 3.17. The van der Waals surface area contributed by atoms with Crippen LogP contribution in [0.5, 0.6) is 0 Å². The highest BCUT2D eigenvalue weighted by molar-refractivity contribution is 5.51. The van der Waals surface area contributed by atoms with Crippen molar-refractivity contribution >= 4 is 5.94 Å². The van der Waals surface area contributed by atoms with Gasteiger partial charge in [-0.1, -0.05) is 6.58 Å². The van der Waals surface area contributed by atoms with Gasteiger partial charge in [0.25, 0.3) is 0 Å². The van der Waals surface area contributed by atoms with Gasteiger partial charge in [0.15, 0.2) is 0 Å². The third-order valence-corrected chi connectivity index (χ3v) is 0.554. The summed E-state index contributed by atoms with van der Waals surface area (Å²) >= 11 is 0. The molecule has 7 heavy (non-hydrogen) atoms. The van der Waals surface area contributed by atoms with E-state index in [9.17, 15) is 4.79 Å². The van der Waals surface area contributed by atoms with E-state index in [0.29, 0.717) is 0 Å². The van der Waals surface area contributed by atoms with Gasteiger partial charge in [-0.25, -0.2) is 4.79 Å². The standard InChI is InChI=1S/C6H6O/c1-3-6(2)4-5-7/h4H,1H2,2H3. The van der Waals surface area contributed by atoms with Gasteiger partial charge in [0.1, 0.15) is 5.94 Å². The first-order chi connectivity index (χ1) is 3.31. The Morgan fingerprint density at radius 2 is 2.43 bits per heavy atom. The van der Waals surface area contributed by atoms with Crippen LogP contribution in [-0.2, 0) is 4.79 Å². The van der Waals surface area contributed by atoms with Crippen molar-refractivity contribution in [1.29, 1.82) is 0 Å². The van der Waals surface area contributed by atoms with Crippen LogP contribution in [0.3, 0.4) is 0 Å². The summed E-state index contributed by atoms with van der Waals surface area (Å²) in [4.78, 5) is 9.50. The number of hydrogen-bond acceptors (Lipinski definition) is 1. The van der Waals surface area contributed by atoms with Gasteiger partial charge in [-0.3, -0.25) is 0 Å². The predicted octanol–water partition coefficient (Wildman–Crippen LogP) is 1.11. The quantitative estimate of drug-likeness (QED) is 0.270. The van der Waals surface area contributed by atoms with Crippen molar-refractivity contribution in [3.05, 3.63) is 24.0 Å². The van der Waals surface area contributed by atoms with E-state index in [1.54, 1.807) is 12.9 Å². The van der Waals surface area contributed by atoms with E-state index in [1.807, 2.05) is 0 Å². The zero-order valence-electron chi connectivity index (χ0n) is 4.19. The summed E-state index contributed by atoms with van der Waals surface area (Å²) in [5.41, 5.74) is 3.23. The maximum atomic E-state index is 9.50. The molecule has 0 fully saturated rings. The lowest BCUT2D eigenvalue weighted by Crippen LogP contribution is -1.58. The molecule has 0 aromatic carbocycles. The van der Waals surface area contributed by atoms with Gasteiger partial charge in [0.2, 0.25) is 0 Å². The number of carbonyl (C=O) groups excluding carboxylic acids is 1. The Hall–Kier alpha value is -1.03. The first-order valence-electron chi connectivity index (χ1n) is 1.89. The molecule has 0 aromatic rings. The zero-order valence-corrected chi connectivity index (χ0v) is 4.19. The molecular weight excluding hydrogens is 88.1 g/mol. The fraction of sp³-hybridized carbons (Fsp3) is 0.167. The Balaban J connectivity index is 4.10. The van der Waals surface area contributed by atoms with Crippen LogP contribution in [0.1, 0.15) is 6.92 Å². The van der Waals surface area contributed by atoms with Crippen LogP contribution in [0.4, 0.5) is 0 Å². The molecule has 36 valence electrons. The highest BCUT2D eigenvalue weighted by atomic mass is 16.1. The minimum Gasteiger partial charge on any atom is -0.233 e. The monoisotopic (exact) mass is 94.0 g/mol. The average Bonchev–Trinajstić information content (AvgIpc) is 1.68. The van der Waals surface area contributed by atoms with Crippen LogP contribution in [0.15, 0.2) is 24.0 Å². The van der Waals surface area contributed by atoms with Crippen molar-refractivity contribution in [2.75, 3.05) is 0 Å². The van der Waals surface area contributed by atoms with E-state index in [4.69, 9.17) is 0 Å². The Labute approximate surface area is 42.7 Å². The summed E-state index contributed by atoms with van der Waals surface area (Å²) in [5.74, 6) is 1.60. The number of rotatable bonds is 1. The number of hydrogen-bond donors (Lipinski definition) is 0. The SMILES string of the molecule is C=C=C(C)C=C=O. The second-order valence-corrected chi connectivity index (χ2v) is 1.12. The first-order valence-corrected chi connectivity index (χ1v) is 1.89. The molecule has 0 aliphatic rings. The molecule has 0 aromatic heterocycles. The lowest BCUT2D eigenvalue weighted by atomic mass is 10.3. The molecule has 0 aliphatic heterocycles. The van der Waals surface area contributed by atoms with E-state index in [0.717, 1.165) is 5.57 Å². The molecule has 0 spiro atoms. The molecule has 0 saturated heterocycles. The molecule has 0 rings (SSSR count). The van der Waals surface area contributed by atoms with Crippen LogP contribution in [0, 0.1) is 0 Å². The fourth-order valence-corrected chi connectivity index (χ4v) is 0.139. The topological polar surface area (TPSA) is 17.1 Å². The van der Waals surface area contributed by atoms with Gasteiger partial charge in [-0.15, -0.1) is 5.73 Å². The maximum absolute atomic E-state index is 9.50. The fourth-order valence-electron chi connectivity index (χ4n) is 0.139. The Kier molecular flexibility index (Phi) is 2.70. The van der Waals surface area contributed by atoms with Crippen molar-refractivity contribution < 1.29 is 4.79 Å². The van der Waals surface area contributed by atoms with E-state index in [1.165, 1.54) is 6.08 Å². The van der Waals surface area contributed by atoms with Crippen LogP contribution in [-0.4, -0.2) is 5.94 Å². The molecule has 0 unspecified atom stereocenters. The smallest absolute Gasteiger partial charge is 0.125 e. The largest absolute Gasteiger partial charge is 0.233 e. The van der Waals surface area contributed by atoms with Crippen LogP contribution in [0.25, 0.3) is 0 Å².